The first-order valence-electron chi connectivity index (χ1n) is 10.4. The minimum absolute atomic E-state index is 0.182. The Bertz CT molecular complexity index is 1210. The molecule has 0 radical (unpaired) electrons. The van der Waals surface area contributed by atoms with Gasteiger partial charge in [0.05, 0.1) is 19.9 Å². The van der Waals surface area contributed by atoms with Crippen molar-refractivity contribution in [3.05, 3.63) is 96.1 Å². The molecule has 0 fully saturated rings. The zero-order valence-corrected chi connectivity index (χ0v) is 18.4. The summed E-state index contributed by atoms with van der Waals surface area (Å²) in [4.78, 5) is 12.6. The van der Waals surface area contributed by atoms with Crippen LogP contribution in [0.25, 0.3) is 11.3 Å². The molecular formula is C26H24N4O3. The molecular weight excluding hydrogens is 416 g/mol. The molecule has 0 atom stereocenters. The van der Waals surface area contributed by atoms with Crippen LogP contribution in [0.2, 0.25) is 0 Å². The second kappa shape index (κ2) is 10.3. The third-order valence-electron chi connectivity index (χ3n) is 5.08. The summed E-state index contributed by atoms with van der Waals surface area (Å²) >= 11 is 0. The number of amides is 1. The van der Waals surface area contributed by atoms with Gasteiger partial charge >= 0.3 is 0 Å². The summed E-state index contributed by atoms with van der Waals surface area (Å²) in [5, 5.41) is 14.6. The van der Waals surface area contributed by atoms with Gasteiger partial charge in [0.2, 0.25) is 0 Å². The SMILES string of the molecule is COc1ccc(OC)c(CNC(=O)c2ccc(Nc3ccc(-c4ccccc4)nn3)cc2)c1. The van der Waals surface area contributed by atoms with Gasteiger partial charge in [0.15, 0.2) is 5.82 Å². The van der Waals surface area contributed by atoms with Crippen molar-refractivity contribution >= 4 is 17.4 Å². The van der Waals surface area contributed by atoms with Crippen molar-refractivity contribution in [2.75, 3.05) is 19.5 Å². The van der Waals surface area contributed by atoms with Crippen molar-refractivity contribution in [3.63, 3.8) is 0 Å². The summed E-state index contributed by atoms with van der Waals surface area (Å²) in [6.45, 7) is 0.322. The highest BCUT2D eigenvalue weighted by Crippen LogP contribution is 2.24. The maximum atomic E-state index is 12.6. The Morgan fingerprint density at radius 1 is 0.848 bits per heavy atom. The Kier molecular flexibility index (Phi) is 6.80. The number of nitrogens with one attached hydrogen (secondary N) is 2. The molecule has 0 unspecified atom stereocenters. The molecule has 0 aliphatic heterocycles. The highest BCUT2D eigenvalue weighted by Gasteiger charge is 2.10. The quantitative estimate of drug-likeness (QED) is 0.408. The van der Waals surface area contributed by atoms with Gasteiger partial charge in [0, 0.05) is 28.9 Å². The number of anilines is 2. The number of carbonyl (C=O) groups excluding carboxylic acids is 1. The van der Waals surface area contributed by atoms with E-state index in [0.717, 1.165) is 22.5 Å². The average Bonchev–Trinajstić information content (AvgIpc) is 2.88. The fourth-order valence-corrected chi connectivity index (χ4v) is 3.31. The normalized spacial score (nSPS) is 10.4. The van der Waals surface area contributed by atoms with Crippen LogP contribution in [0, 0.1) is 0 Å². The van der Waals surface area contributed by atoms with E-state index in [9.17, 15) is 4.79 Å². The number of methoxy groups -OCH3 is 2. The zero-order chi connectivity index (χ0) is 23.0. The number of ether oxygens (including phenoxy) is 2. The lowest BCUT2D eigenvalue weighted by atomic mass is 10.1. The van der Waals surface area contributed by atoms with Crippen LogP contribution < -0.4 is 20.1 Å². The molecule has 4 aromatic rings. The van der Waals surface area contributed by atoms with E-state index in [-0.39, 0.29) is 5.91 Å². The van der Waals surface area contributed by atoms with Gasteiger partial charge in [-0.15, -0.1) is 10.2 Å². The predicted octanol–water partition coefficient (Wildman–Crippen LogP) is 4.83. The lowest BCUT2D eigenvalue weighted by Crippen LogP contribution is -2.23. The first kappa shape index (κ1) is 21.8. The topological polar surface area (TPSA) is 85.4 Å². The summed E-state index contributed by atoms with van der Waals surface area (Å²) in [5.41, 5.74) is 4.01. The van der Waals surface area contributed by atoms with E-state index in [2.05, 4.69) is 20.8 Å². The molecule has 0 bridgehead atoms. The first-order chi connectivity index (χ1) is 16.2. The van der Waals surface area contributed by atoms with Crippen molar-refractivity contribution in [2.24, 2.45) is 0 Å². The predicted molar refractivity (Wildman–Crippen MR) is 128 cm³/mol. The highest BCUT2D eigenvalue weighted by atomic mass is 16.5. The van der Waals surface area contributed by atoms with E-state index in [0.29, 0.717) is 29.4 Å². The van der Waals surface area contributed by atoms with Gasteiger partial charge in [-0.05, 0) is 54.6 Å². The number of rotatable bonds is 8. The summed E-state index contributed by atoms with van der Waals surface area (Å²) < 4.78 is 10.6. The van der Waals surface area contributed by atoms with Gasteiger partial charge in [0.25, 0.3) is 5.91 Å². The summed E-state index contributed by atoms with van der Waals surface area (Å²) in [5.74, 6) is 1.83. The minimum atomic E-state index is -0.182. The smallest absolute Gasteiger partial charge is 0.251 e. The average molecular weight is 441 g/mol. The molecule has 4 rings (SSSR count). The van der Waals surface area contributed by atoms with Crippen LogP contribution >= 0.6 is 0 Å². The van der Waals surface area contributed by atoms with Gasteiger partial charge in [-0.3, -0.25) is 4.79 Å². The number of carbonyl (C=O) groups is 1. The summed E-state index contributed by atoms with van der Waals surface area (Å²) in [7, 11) is 3.20. The largest absolute Gasteiger partial charge is 0.497 e. The van der Waals surface area contributed by atoms with Crippen LogP contribution in [0.3, 0.4) is 0 Å². The molecule has 0 aliphatic carbocycles. The number of hydrogen-bond donors (Lipinski definition) is 2. The Labute approximate surface area is 192 Å². The fourth-order valence-electron chi connectivity index (χ4n) is 3.31. The van der Waals surface area contributed by atoms with Crippen LogP contribution in [0.4, 0.5) is 11.5 Å². The van der Waals surface area contributed by atoms with Crippen molar-refractivity contribution in [2.45, 2.75) is 6.54 Å². The standard InChI is InChI=1S/C26H24N4O3/c1-32-22-12-14-24(33-2)20(16-22)17-27-26(31)19-8-10-21(11-9-19)28-25-15-13-23(29-30-25)18-6-4-3-5-7-18/h3-16H,17H2,1-2H3,(H,27,31)(H,28,30). The third kappa shape index (κ3) is 5.46. The van der Waals surface area contributed by atoms with Crippen molar-refractivity contribution in [3.8, 4) is 22.8 Å². The Balaban J connectivity index is 1.37. The molecule has 166 valence electrons. The Hall–Kier alpha value is -4.39. The molecule has 2 N–H and O–H groups in total. The lowest BCUT2D eigenvalue weighted by molar-refractivity contribution is 0.0950. The van der Waals surface area contributed by atoms with Gasteiger partial charge in [-0.25, -0.2) is 0 Å². The van der Waals surface area contributed by atoms with E-state index in [4.69, 9.17) is 9.47 Å². The zero-order valence-electron chi connectivity index (χ0n) is 18.4. The molecule has 1 amide bonds. The lowest BCUT2D eigenvalue weighted by Gasteiger charge is -2.12. The maximum Gasteiger partial charge on any atom is 0.251 e. The van der Waals surface area contributed by atoms with Crippen LogP contribution in [0.15, 0.2) is 84.9 Å². The Morgan fingerprint density at radius 3 is 2.30 bits per heavy atom. The van der Waals surface area contributed by atoms with Crippen molar-refractivity contribution in [1.29, 1.82) is 0 Å². The van der Waals surface area contributed by atoms with E-state index in [1.807, 2.05) is 72.8 Å². The van der Waals surface area contributed by atoms with Gasteiger partial charge in [-0.2, -0.15) is 0 Å². The molecule has 1 heterocycles. The van der Waals surface area contributed by atoms with Crippen LogP contribution in [0.5, 0.6) is 11.5 Å². The van der Waals surface area contributed by atoms with Crippen molar-refractivity contribution in [1.82, 2.24) is 15.5 Å². The second-order valence-corrected chi connectivity index (χ2v) is 7.23. The monoisotopic (exact) mass is 440 g/mol. The molecule has 7 nitrogen and oxygen atoms in total. The van der Waals surface area contributed by atoms with Crippen LogP contribution in [-0.2, 0) is 6.54 Å². The summed E-state index contributed by atoms with van der Waals surface area (Å²) in [6, 6.07) is 26.3. The number of hydrogen-bond acceptors (Lipinski definition) is 6. The second-order valence-electron chi connectivity index (χ2n) is 7.23. The minimum Gasteiger partial charge on any atom is -0.497 e. The highest BCUT2D eigenvalue weighted by molar-refractivity contribution is 5.94. The number of benzene rings is 3. The molecule has 33 heavy (non-hydrogen) atoms. The van der Waals surface area contributed by atoms with E-state index >= 15 is 0 Å². The van der Waals surface area contributed by atoms with Crippen molar-refractivity contribution < 1.29 is 14.3 Å². The van der Waals surface area contributed by atoms with Gasteiger partial charge in [0.1, 0.15) is 11.5 Å². The third-order valence-corrected chi connectivity index (χ3v) is 5.08. The molecule has 0 saturated carbocycles. The molecule has 3 aromatic carbocycles. The Morgan fingerprint density at radius 2 is 1.64 bits per heavy atom. The van der Waals surface area contributed by atoms with Crippen LogP contribution in [-0.4, -0.2) is 30.3 Å². The van der Waals surface area contributed by atoms with Crippen LogP contribution in [0.1, 0.15) is 15.9 Å². The van der Waals surface area contributed by atoms with Gasteiger partial charge in [-0.1, -0.05) is 30.3 Å². The summed E-state index contributed by atoms with van der Waals surface area (Å²) in [6.07, 6.45) is 0. The number of aromatic nitrogens is 2. The van der Waals surface area contributed by atoms with E-state index < -0.39 is 0 Å². The van der Waals surface area contributed by atoms with Gasteiger partial charge < -0.3 is 20.1 Å². The van der Waals surface area contributed by atoms with E-state index in [1.54, 1.807) is 26.4 Å². The fraction of sp³-hybridized carbons (Fsp3) is 0.115. The molecule has 0 spiro atoms. The molecule has 1 aromatic heterocycles. The number of nitrogens with zero attached hydrogens (tertiary/aromatic N) is 2. The van der Waals surface area contributed by atoms with E-state index in [1.165, 1.54) is 0 Å². The molecule has 0 aliphatic rings. The molecule has 0 saturated heterocycles. The first-order valence-corrected chi connectivity index (χ1v) is 10.4. The molecule has 7 heteroatoms. The maximum absolute atomic E-state index is 12.6.